The van der Waals surface area contributed by atoms with E-state index in [4.69, 9.17) is 0 Å². The van der Waals surface area contributed by atoms with E-state index in [1.165, 1.54) is 6.42 Å². The third-order valence-electron chi connectivity index (χ3n) is 0.979. The van der Waals surface area contributed by atoms with Gasteiger partial charge in [-0.25, -0.2) is 0 Å². The highest BCUT2D eigenvalue weighted by molar-refractivity contribution is 4.48. The molecule has 0 unspecified atom stereocenters. The first-order valence-electron chi connectivity index (χ1n) is 3.48. The molecule has 58 valence electrons. The van der Waals surface area contributed by atoms with Gasteiger partial charge in [0.2, 0.25) is 0 Å². The molecule has 0 bridgehead atoms. The molecule has 0 aromatic rings. The van der Waals surface area contributed by atoms with E-state index in [1.54, 1.807) is 0 Å². The van der Waals surface area contributed by atoms with Gasteiger partial charge in [-0.3, -0.25) is 0 Å². The number of nitrogens with one attached hydrogen (secondary N) is 1. The second-order valence-electron chi connectivity index (χ2n) is 2.60. The Morgan fingerprint density at radius 2 is 1.89 bits per heavy atom. The fourth-order valence-electron chi connectivity index (χ4n) is 0.568. The summed E-state index contributed by atoms with van der Waals surface area (Å²) in [5.74, 6) is 0.793. The standard InChI is InChI=1S/C7H17N.H3N/c1-4-5-8-6-7(2)3;/h7-8H,4-6H2,1-3H3;1H3. The van der Waals surface area contributed by atoms with Gasteiger partial charge in [0.05, 0.1) is 0 Å². The monoisotopic (exact) mass is 132 g/mol. The molecule has 0 fully saturated rings. The van der Waals surface area contributed by atoms with Gasteiger partial charge in [-0.2, -0.15) is 0 Å². The Bertz CT molecular complexity index is 44.2. The van der Waals surface area contributed by atoms with Crippen LogP contribution in [0.25, 0.3) is 0 Å². The Morgan fingerprint density at radius 3 is 2.22 bits per heavy atom. The van der Waals surface area contributed by atoms with Crippen LogP contribution in [0.1, 0.15) is 27.2 Å². The van der Waals surface area contributed by atoms with Crippen LogP contribution in [0.15, 0.2) is 0 Å². The summed E-state index contributed by atoms with van der Waals surface area (Å²) in [6.07, 6.45) is 1.24. The van der Waals surface area contributed by atoms with Gasteiger partial charge in [0.1, 0.15) is 0 Å². The zero-order valence-electron chi connectivity index (χ0n) is 6.91. The maximum atomic E-state index is 3.33. The summed E-state index contributed by atoms with van der Waals surface area (Å²) < 4.78 is 0. The van der Waals surface area contributed by atoms with Gasteiger partial charge in [-0.05, 0) is 25.4 Å². The minimum absolute atomic E-state index is 0. The van der Waals surface area contributed by atoms with Crippen molar-refractivity contribution in [2.45, 2.75) is 27.2 Å². The number of rotatable bonds is 4. The van der Waals surface area contributed by atoms with E-state index in [0.29, 0.717) is 0 Å². The largest absolute Gasteiger partial charge is 0.344 e. The molecule has 0 atom stereocenters. The van der Waals surface area contributed by atoms with Crippen molar-refractivity contribution >= 4 is 0 Å². The summed E-state index contributed by atoms with van der Waals surface area (Å²) in [4.78, 5) is 0. The minimum atomic E-state index is 0. The van der Waals surface area contributed by atoms with Crippen molar-refractivity contribution < 1.29 is 0 Å². The Kier molecular flexibility index (Phi) is 10.3. The van der Waals surface area contributed by atoms with E-state index >= 15 is 0 Å². The number of hydrogen-bond acceptors (Lipinski definition) is 2. The van der Waals surface area contributed by atoms with Crippen molar-refractivity contribution in [1.29, 1.82) is 0 Å². The van der Waals surface area contributed by atoms with E-state index in [9.17, 15) is 0 Å². The van der Waals surface area contributed by atoms with Gasteiger partial charge >= 0.3 is 0 Å². The third kappa shape index (κ3) is 11.5. The van der Waals surface area contributed by atoms with Crippen LogP contribution in [-0.2, 0) is 0 Å². The van der Waals surface area contributed by atoms with Crippen LogP contribution in [-0.4, -0.2) is 13.1 Å². The van der Waals surface area contributed by atoms with Crippen LogP contribution in [0.5, 0.6) is 0 Å². The van der Waals surface area contributed by atoms with E-state index in [-0.39, 0.29) is 6.15 Å². The molecule has 9 heavy (non-hydrogen) atoms. The van der Waals surface area contributed by atoms with Crippen molar-refractivity contribution in [1.82, 2.24) is 11.5 Å². The predicted octanol–water partition coefficient (Wildman–Crippen LogP) is 1.80. The number of hydrogen-bond donors (Lipinski definition) is 2. The molecule has 0 saturated carbocycles. The average molecular weight is 132 g/mol. The maximum Gasteiger partial charge on any atom is -0.00258 e. The lowest BCUT2D eigenvalue weighted by Crippen LogP contribution is -2.19. The molecule has 2 nitrogen and oxygen atoms in total. The SMILES string of the molecule is CCCNCC(C)C.N. The van der Waals surface area contributed by atoms with Gasteiger partial charge in [0.25, 0.3) is 0 Å². The smallest absolute Gasteiger partial charge is 0.00258 e. The molecule has 0 aliphatic heterocycles. The lowest BCUT2D eigenvalue weighted by atomic mass is 10.2. The van der Waals surface area contributed by atoms with Gasteiger partial charge < -0.3 is 11.5 Å². The Balaban J connectivity index is 0. The first-order chi connectivity index (χ1) is 3.77. The molecular formula is C7H20N2. The van der Waals surface area contributed by atoms with Crippen molar-refractivity contribution in [3.63, 3.8) is 0 Å². The summed E-state index contributed by atoms with van der Waals surface area (Å²) in [7, 11) is 0. The van der Waals surface area contributed by atoms with E-state index in [0.717, 1.165) is 19.0 Å². The summed E-state index contributed by atoms with van der Waals surface area (Å²) in [5.41, 5.74) is 0. The first-order valence-corrected chi connectivity index (χ1v) is 3.48. The lowest BCUT2D eigenvalue weighted by molar-refractivity contribution is 0.550. The molecule has 0 heterocycles. The Morgan fingerprint density at radius 1 is 1.33 bits per heavy atom. The van der Waals surface area contributed by atoms with E-state index in [1.807, 2.05) is 0 Å². The maximum absolute atomic E-state index is 3.33. The minimum Gasteiger partial charge on any atom is -0.344 e. The summed E-state index contributed by atoms with van der Waals surface area (Å²) in [5, 5.41) is 3.33. The second-order valence-corrected chi connectivity index (χ2v) is 2.60. The van der Waals surface area contributed by atoms with Crippen molar-refractivity contribution in [3.8, 4) is 0 Å². The molecule has 0 rings (SSSR count). The van der Waals surface area contributed by atoms with Gasteiger partial charge in [0, 0.05) is 0 Å². The average Bonchev–Trinajstić information content (AvgIpc) is 1.66. The highest BCUT2D eigenvalue weighted by Crippen LogP contribution is 1.86. The zero-order valence-corrected chi connectivity index (χ0v) is 6.91. The van der Waals surface area contributed by atoms with Gasteiger partial charge in [0.15, 0.2) is 0 Å². The molecule has 0 amide bonds. The quantitative estimate of drug-likeness (QED) is 0.573. The molecule has 2 heteroatoms. The van der Waals surface area contributed by atoms with Crippen molar-refractivity contribution in [2.75, 3.05) is 13.1 Å². The van der Waals surface area contributed by atoms with Crippen LogP contribution >= 0.6 is 0 Å². The van der Waals surface area contributed by atoms with Crippen LogP contribution < -0.4 is 11.5 Å². The molecule has 0 aliphatic rings. The lowest BCUT2D eigenvalue weighted by Gasteiger charge is -2.03. The molecule has 4 N–H and O–H groups in total. The first kappa shape index (κ1) is 11.7. The fraction of sp³-hybridized carbons (Fsp3) is 1.00. The summed E-state index contributed by atoms with van der Waals surface area (Å²) in [6.45, 7) is 8.96. The molecule has 0 radical (unpaired) electrons. The van der Waals surface area contributed by atoms with E-state index < -0.39 is 0 Å². The molecule has 0 aliphatic carbocycles. The molecule has 0 aromatic carbocycles. The summed E-state index contributed by atoms with van der Waals surface area (Å²) in [6, 6.07) is 0. The van der Waals surface area contributed by atoms with Crippen LogP contribution in [0.4, 0.5) is 0 Å². The third-order valence-corrected chi connectivity index (χ3v) is 0.979. The second kappa shape index (κ2) is 7.92. The van der Waals surface area contributed by atoms with E-state index in [2.05, 4.69) is 26.1 Å². The predicted molar refractivity (Wildman–Crippen MR) is 43.0 cm³/mol. The highest BCUT2D eigenvalue weighted by atomic mass is 14.8. The Hall–Kier alpha value is -0.0800. The topological polar surface area (TPSA) is 47.0 Å². The molecule has 0 aromatic heterocycles. The van der Waals surface area contributed by atoms with Crippen LogP contribution in [0.3, 0.4) is 0 Å². The van der Waals surface area contributed by atoms with Crippen LogP contribution in [0, 0.1) is 5.92 Å². The molecular weight excluding hydrogens is 112 g/mol. The van der Waals surface area contributed by atoms with Crippen molar-refractivity contribution in [3.05, 3.63) is 0 Å². The summed E-state index contributed by atoms with van der Waals surface area (Å²) >= 11 is 0. The van der Waals surface area contributed by atoms with Gasteiger partial charge in [-0.15, -0.1) is 0 Å². The molecule has 0 saturated heterocycles. The van der Waals surface area contributed by atoms with Crippen LogP contribution in [0.2, 0.25) is 0 Å². The normalized spacial score (nSPS) is 9.33. The highest BCUT2D eigenvalue weighted by Gasteiger charge is 1.88. The Labute approximate surface area is 58.6 Å². The fourth-order valence-corrected chi connectivity index (χ4v) is 0.568. The zero-order chi connectivity index (χ0) is 6.41. The van der Waals surface area contributed by atoms with Gasteiger partial charge in [-0.1, -0.05) is 20.8 Å². The molecule has 0 spiro atoms. The van der Waals surface area contributed by atoms with Crippen molar-refractivity contribution in [2.24, 2.45) is 5.92 Å².